The fraction of sp³-hybridized carbons (Fsp3) is 0.316. The maximum atomic E-state index is 13.6. The molecule has 3 rings (SSSR count). The maximum Gasteiger partial charge on any atom is 0.389 e. The van der Waals surface area contributed by atoms with Gasteiger partial charge in [0.05, 0.1) is 46.1 Å². The van der Waals surface area contributed by atoms with Crippen molar-refractivity contribution in [1.29, 1.82) is 10.5 Å². The third kappa shape index (κ3) is 3.92. The number of dihydropyridines is 1. The number of fused-ring (bicyclic) bond motifs is 1. The molecule has 150 valence electrons. The van der Waals surface area contributed by atoms with Gasteiger partial charge in [-0.25, -0.2) is 8.78 Å². The van der Waals surface area contributed by atoms with Crippen LogP contribution in [0.5, 0.6) is 0 Å². The summed E-state index contributed by atoms with van der Waals surface area (Å²) in [6, 6.07) is 8.28. The number of aryl methyl sites for hydroxylation is 1. The summed E-state index contributed by atoms with van der Waals surface area (Å²) < 4.78 is 65.2. The van der Waals surface area contributed by atoms with Crippen molar-refractivity contribution in [2.45, 2.75) is 38.3 Å². The first-order valence-corrected chi connectivity index (χ1v) is 8.50. The van der Waals surface area contributed by atoms with Gasteiger partial charge >= 0.3 is 6.18 Å². The average Bonchev–Trinajstić information content (AvgIpc) is 3.04. The van der Waals surface area contributed by atoms with Crippen molar-refractivity contribution in [2.24, 2.45) is 0 Å². The van der Waals surface area contributed by atoms with Crippen LogP contribution in [0.2, 0.25) is 0 Å². The van der Waals surface area contributed by atoms with Gasteiger partial charge in [0.1, 0.15) is 0 Å². The largest absolute Gasteiger partial charge is 0.389 e. The van der Waals surface area contributed by atoms with Gasteiger partial charge in [-0.3, -0.25) is 5.10 Å². The summed E-state index contributed by atoms with van der Waals surface area (Å²) in [5.74, 6) is -1.20. The Hall–Kier alpha value is -3.40. The van der Waals surface area contributed by atoms with Crippen molar-refractivity contribution < 1.29 is 22.0 Å². The summed E-state index contributed by atoms with van der Waals surface area (Å²) in [7, 11) is 0. The van der Waals surface area contributed by atoms with E-state index < -0.39 is 42.6 Å². The molecule has 1 aromatic heterocycles. The van der Waals surface area contributed by atoms with Gasteiger partial charge in [0.15, 0.2) is 0 Å². The minimum Gasteiger partial charge on any atom is -0.356 e. The number of hydrogen-bond donors (Lipinski definition) is 2. The Bertz CT molecular complexity index is 1090. The first-order valence-electron chi connectivity index (χ1n) is 8.50. The van der Waals surface area contributed by atoms with Crippen LogP contribution in [-0.2, 0) is 0 Å². The zero-order valence-corrected chi connectivity index (χ0v) is 15.0. The van der Waals surface area contributed by atoms with Gasteiger partial charge in [-0.15, -0.1) is 0 Å². The second-order valence-corrected chi connectivity index (χ2v) is 6.53. The Morgan fingerprint density at radius 2 is 1.86 bits per heavy atom. The number of rotatable bonds is 4. The van der Waals surface area contributed by atoms with Crippen molar-refractivity contribution in [3.05, 3.63) is 52.0 Å². The molecule has 0 fully saturated rings. The number of halogens is 5. The number of alkyl halides is 5. The number of aromatic amines is 1. The molecule has 0 aliphatic carbocycles. The molecule has 0 radical (unpaired) electrons. The van der Waals surface area contributed by atoms with Crippen LogP contribution < -0.4 is 5.32 Å². The first-order chi connectivity index (χ1) is 13.7. The molecule has 1 unspecified atom stereocenters. The zero-order chi connectivity index (χ0) is 21.3. The average molecular weight is 407 g/mol. The number of aromatic nitrogens is 2. The van der Waals surface area contributed by atoms with E-state index in [0.29, 0.717) is 22.2 Å². The number of nitriles is 2. The topological polar surface area (TPSA) is 88.3 Å². The van der Waals surface area contributed by atoms with Crippen LogP contribution in [0.4, 0.5) is 22.0 Å². The monoisotopic (exact) mass is 407 g/mol. The molecule has 1 aliphatic heterocycles. The van der Waals surface area contributed by atoms with Gasteiger partial charge in [0.2, 0.25) is 0 Å². The summed E-state index contributed by atoms with van der Waals surface area (Å²) in [5, 5.41) is 28.8. The number of allylic oxidation sites excluding steroid dienone is 4. The summed E-state index contributed by atoms with van der Waals surface area (Å²) in [5.41, 5.74) is 0.0114. The van der Waals surface area contributed by atoms with Crippen LogP contribution in [0.3, 0.4) is 0 Å². The van der Waals surface area contributed by atoms with Gasteiger partial charge in [-0.2, -0.15) is 28.8 Å². The predicted molar refractivity (Wildman–Crippen MR) is 93.3 cm³/mol. The molecule has 0 bridgehead atoms. The Morgan fingerprint density at radius 3 is 2.45 bits per heavy atom. The lowest BCUT2D eigenvalue weighted by Crippen LogP contribution is -2.30. The minimum atomic E-state index is -4.53. The summed E-state index contributed by atoms with van der Waals surface area (Å²) in [6.45, 7) is 1.71. The van der Waals surface area contributed by atoms with Crippen molar-refractivity contribution in [3.63, 3.8) is 0 Å². The molecule has 0 spiro atoms. The van der Waals surface area contributed by atoms with Gasteiger partial charge in [-0.1, -0.05) is 6.07 Å². The van der Waals surface area contributed by atoms with Gasteiger partial charge < -0.3 is 5.32 Å². The molecule has 2 N–H and O–H groups in total. The first kappa shape index (κ1) is 20.3. The van der Waals surface area contributed by atoms with Crippen LogP contribution in [0.15, 0.2) is 40.7 Å². The van der Waals surface area contributed by atoms with Gasteiger partial charge in [0, 0.05) is 17.5 Å². The molecular formula is C19H14F5N5. The molecule has 0 saturated heterocycles. The van der Waals surface area contributed by atoms with Crippen molar-refractivity contribution >= 4 is 10.9 Å². The highest BCUT2D eigenvalue weighted by atomic mass is 19.4. The second kappa shape index (κ2) is 7.55. The quantitative estimate of drug-likeness (QED) is 0.718. The van der Waals surface area contributed by atoms with E-state index in [1.165, 1.54) is 6.07 Å². The van der Waals surface area contributed by atoms with Crippen molar-refractivity contribution in [2.75, 3.05) is 0 Å². The van der Waals surface area contributed by atoms with E-state index in [1.807, 2.05) is 6.07 Å². The van der Waals surface area contributed by atoms with Crippen LogP contribution >= 0.6 is 0 Å². The highest BCUT2D eigenvalue weighted by Gasteiger charge is 2.37. The number of nitrogens with one attached hydrogen (secondary N) is 2. The Kier molecular flexibility index (Phi) is 5.29. The standard InChI is InChI=1S/C19H14F5N5/c1-9-11-6-10(2-3-15(11)29-28-9)16-12(7-25)14(4-5-19(22,23)24)27-17(18(20)21)13(16)8-26/h2-3,6,16,18,27H,4-5H2,1H3,(H,28,29). The molecule has 5 nitrogen and oxygen atoms in total. The number of H-pyrrole nitrogens is 1. The Labute approximate surface area is 162 Å². The fourth-order valence-corrected chi connectivity index (χ4v) is 3.34. The van der Waals surface area contributed by atoms with Gasteiger partial charge in [-0.05, 0) is 31.0 Å². The lowest BCUT2D eigenvalue weighted by atomic mass is 9.80. The predicted octanol–water partition coefficient (Wildman–Crippen LogP) is 4.72. The van der Waals surface area contributed by atoms with Crippen LogP contribution in [0.1, 0.15) is 30.0 Å². The van der Waals surface area contributed by atoms with E-state index in [2.05, 4.69) is 15.5 Å². The number of nitrogens with zero attached hydrogens (tertiary/aromatic N) is 3. The molecule has 2 aromatic rings. The third-order valence-electron chi connectivity index (χ3n) is 4.71. The van der Waals surface area contributed by atoms with E-state index in [4.69, 9.17) is 0 Å². The number of benzene rings is 1. The Morgan fingerprint density at radius 1 is 1.17 bits per heavy atom. The fourth-order valence-electron chi connectivity index (χ4n) is 3.34. The van der Waals surface area contributed by atoms with Crippen molar-refractivity contribution in [1.82, 2.24) is 15.5 Å². The highest BCUT2D eigenvalue weighted by Crippen LogP contribution is 2.41. The maximum absolute atomic E-state index is 13.6. The molecule has 0 amide bonds. The van der Waals surface area contributed by atoms with Gasteiger partial charge in [0.25, 0.3) is 6.43 Å². The smallest absolute Gasteiger partial charge is 0.356 e. The third-order valence-corrected chi connectivity index (χ3v) is 4.71. The van der Waals surface area contributed by atoms with Crippen LogP contribution in [-0.4, -0.2) is 22.8 Å². The van der Waals surface area contributed by atoms with E-state index in [9.17, 15) is 32.5 Å². The molecule has 29 heavy (non-hydrogen) atoms. The lowest BCUT2D eigenvalue weighted by Gasteiger charge is -2.29. The highest BCUT2D eigenvalue weighted by molar-refractivity contribution is 5.82. The molecule has 10 heteroatoms. The molecule has 1 aromatic carbocycles. The molecular weight excluding hydrogens is 393 g/mol. The van der Waals surface area contributed by atoms with Crippen LogP contribution in [0, 0.1) is 29.6 Å². The van der Waals surface area contributed by atoms with E-state index in [-0.39, 0.29) is 11.3 Å². The summed E-state index contributed by atoms with van der Waals surface area (Å²) in [4.78, 5) is 0. The van der Waals surface area contributed by atoms with E-state index in [0.717, 1.165) is 0 Å². The molecule has 1 atom stereocenters. The van der Waals surface area contributed by atoms with E-state index in [1.54, 1.807) is 25.1 Å². The molecule has 1 aliphatic rings. The van der Waals surface area contributed by atoms with E-state index >= 15 is 0 Å². The lowest BCUT2D eigenvalue weighted by molar-refractivity contribution is -0.134. The minimum absolute atomic E-state index is 0.185. The van der Waals surface area contributed by atoms with Crippen LogP contribution in [0.25, 0.3) is 10.9 Å². The summed E-state index contributed by atoms with van der Waals surface area (Å²) in [6.07, 6.45) is -9.61. The zero-order valence-electron chi connectivity index (χ0n) is 15.0. The Balaban J connectivity index is 2.19. The SMILES string of the molecule is Cc1n[nH]c2ccc(C3C(C#N)=C(CCC(F)(F)F)NC(C(F)F)=C3C#N)cc12. The second-order valence-electron chi connectivity index (χ2n) is 6.53. The number of hydrogen-bond acceptors (Lipinski definition) is 4. The molecule has 2 heterocycles. The normalized spacial score (nSPS) is 17.5. The molecule has 0 saturated carbocycles. The summed E-state index contributed by atoms with van der Waals surface area (Å²) >= 11 is 0. The van der Waals surface area contributed by atoms with Crippen molar-refractivity contribution in [3.8, 4) is 12.1 Å².